The summed E-state index contributed by atoms with van der Waals surface area (Å²) in [7, 11) is -3.75. The quantitative estimate of drug-likeness (QED) is 0.459. The van der Waals surface area contributed by atoms with Crippen LogP contribution in [0, 0.1) is 0 Å². The summed E-state index contributed by atoms with van der Waals surface area (Å²) >= 11 is 0. The van der Waals surface area contributed by atoms with Crippen molar-refractivity contribution < 1.29 is 22.7 Å². The largest absolute Gasteiger partial charge is 0.491 e. The molecule has 0 spiro atoms. The highest BCUT2D eigenvalue weighted by molar-refractivity contribution is 7.92. The van der Waals surface area contributed by atoms with Crippen LogP contribution < -0.4 is 19.1 Å². The van der Waals surface area contributed by atoms with Crippen LogP contribution in [-0.4, -0.2) is 40.1 Å². The van der Waals surface area contributed by atoms with E-state index in [-0.39, 0.29) is 30.9 Å². The van der Waals surface area contributed by atoms with Crippen molar-refractivity contribution in [2.45, 2.75) is 38.0 Å². The zero-order chi connectivity index (χ0) is 25.8. The summed E-state index contributed by atoms with van der Waals surface area (Å²) in [5.74, 6) is 0.575. The molecule has 1 aliphatic rings. The van der Waals surface area contributed by atoms with Gasteiger partial charge in [-0.25, -0.2) is 8.42 Å². The van der Waals surface area contributed by atoms with Gasteiger partial charge < -0.3 is 14.8 Å². The standard InChI is InChI=1S/C28H32N2O5S/c1-28(2,3)22-13-7-9-15-24(22)34-18-17-29-27(31)26-19-30(23-14-8-10-16-25(23)35-26)36(32,33)20-21-11-5-4-6-12-21/h4-16,26H,17-20H2,1-3H3,(H,29,31)/t26-/m0/s1. The molecule has 0 unspecified atom stereocenters. The van der Waals surface area contributed by atoms with E-state index in [4.69, 9.17) is 9.47 Å². The molecule has 1 aliphatic heterocycles. The maximum Gasteiger partial charge on any atom is 0.263 e. The van der Waals surface area contributed by atoms with E-state index >= 15 is 0 Å². The number of sulfonamides is 1. The third-order valence-corrected chi connectivity index (χ3v) is 7.62. The Hall–Kier alpha value is -3.52. The minimum atomic E-state index is -3.75. The molecule has 1 N–H and O–H groups in total. The van der Waals surface area contributed by atoms with Crippen LogP contribution in [0.2, 0.25) is 0 Å². The van der Waals surface area contributed by atoms with Crippen LogP contribution in [0.3, 0.4) is 0 Å². The Kier molecular flexibility index (Phi) is 7.54. The molecule has 0 bridgehead atoms. The lowest BCUT2D eigenvalue weighted by atomic mass is 9.86. The average molecular weight is 509 g/mol. The molecule has 1 heterocycles. The minimum Gasteiger partial charge on any atom is -0.491 e. The molecule has 8 heteroatoms. The molecule has 7 nitrogen and oxygen atoms in total. The average Bonchev–Trinajstić information content (AvgIpc) is 2.85. The van der Waals surface area contributed by atoms with Crippen molar-refractivity contribution in [3.05, 3.63) is 90.0 Å². The van der Waals surface area contributed by atoms with Crippen molar-refractivity contribution in [3.8, 4) is 11.5 Å². The summed E-state index contributed by atoms with van der Waals surface area (Å²) in [5.41, 5.74) is 2.12. The van der Waals surface area contributed by atoms with Crippen molar-refractivity contribution in [2.75, 3.05) is 24.0 Å². The summed E-state index contributed by atoms with van der Waals surface area (Å²) in [6, 6.07) is 23.7. The molecule has 0 aromatic heterocycles. The van der Waals surface area contributed by atoms with Crippen LogP contribution >= 0.6 is 0 Å². The number of benzene rings is 3. The third kappa shape index (κ3) is 5.99. The van der Waals surface area contributed by atoms with E-state index in [0.29, 0.717) is 17.0 Å². The van der Waals surface area contributed by atoms with Gasteiger partial charge in [-0.15, -0.1) is 0 Å². The molecular weight excluding hydrogens is 476 g/mol. The van der Waals surface area contributed by atoms with E-state index in [2.05, 4.69) is 26.1 Å². The van der Waals surface area contributed by atoms with E-state index in [1.165, 1.54) is 4.31 Å². The Morgan fingerprint density at radius 1 is 1.00 bits per heavy atom. The van der Waals surface area contributed by atoms with Crippen LogP contribution in [0.4, 0.5) is 5.69 Å². The number of carbonyl (C=O) groups excluding carboxylic acids is 1. The number of hydrogen-bond donors (Lipinski definition) is 1. The fourth-order valence-corrected chi connectivity index (χ4v) is 5.71. The first-order chi connectivity index (χ1) is 17.1. The lowest BCUT2D eigenvalue weighted by Gasteiger charge is -2.34. The lowest BCUT2D eigenvalue weighted by molar-refractivity contribution is -0.127. The SMILES string of the molecule is CC(C)(C)c1ccccc1OCCNC(=O)[C@@H]1CN(S(=O)(=O)Cc2ccccc2)c2ccccc2O1. The number of hydrogen-bond acceptors (Lipinski definition) is 5. The number of carbonyl (C=O) groups is 1. The molecule has 3 aromatic rings. The first-order valence-corrected chi connectivity index (χ1v) is 13.6. The minimum absolute atomic E-state index is 0.0716. The molecule has 190 valence electrons. The van der Waals surface area contributed by atoms with Gasteiger partial charge in [0.05, 0.1) is 24.5 Å². The van der Waals surface area contributed by atoms with Crippen LogP contribution in [-0.2, 0) is 26.0 Å². The second kappa shape index (κ2) is 10.6. The number of nitrogens with one attached hydrogen (secondary N) is 1. The summed E-state index contributed by atoms with van der Waals surface area (Å²) < 4.78 is 39.8. The Balaban J connectivity index is 1.42. The topological polar surface area (TPSA) is 84.9 Å². The van der Waals surface area contributed by atoms with Crippen molar-refractivity contribution >= 4 is 21.6 Å². The van der Waals surface area contributed by atoms with Crippen LogP contribution in [0.1, 0.15) is 31.9 Å². The Morgan fingerprint density at radius 2 is 1.67 bits per heavy atom. The van der Waals surface area contributed by atoms with Gasteiger partial charge in [0.2, 0.25) is 10.0 Å². The van der Waals surface area contributed by atoms with Gasteiger partial charge in [-0.05, 0) is 34.7 Å². The smallest absolute Gasteiger partial charge is 0.263 e. The molecule has 0 aliphatic carbocycles. The molecule has 0 radical (unpaired) electrons. The van der Waals surface area contributed by atoms with E-state index in [1.807, 2.05) is 30.3 Å². The first-order valence-electron chi connectivity index (χ1n) is 12.0. The summed E-state index contributed by atoms with van der Waals surface area (Å²) in [6.07, 6.45) is -0.979. The Bertz CT molecular complexity index is 1300. The number of ether oxygens (including phenoxy) is 2. The van der Waals surface area contributed by atoms with Gasteiger partial charge >= 0.3 is 0 Å². The second-order valence-electron chi connectivity index (χ2n) is 9.73. The Morgan fingerprint density at radius 3 is 2.42 bits per heavy atom. The predicted octanol–water partition coefficient (Wildman–Crippen LogP) is 4.28. The third-order valence-electron chi connectivity index (χ3n) is 5.91. The van der Waals surface area contributed by atoms with Crippen LogP contribution in [0.15, 0.2) is 78.9 Å². The fourth-order valence-electron chi connectivity index (χ4n) is 4.13. The summed E-state index contributed by atoms with van der Waals surface area (Å²) in [5, 5.41) is 2.82. The monoisotopic (exact) mass is 508 g/mol. The van der Waals surface area contributed by atoms with Gasteiger partial charge in [-0.3, -0.25) is 9.10 Å². The molecule has 4 rings (SSSR count). The van der Waals surface area contributed by atoms with Crippen molar-refractivity contribution in [2.24, 2.45) is 0 Å². The lowest BCUT2D eigenvalue weighted by Crippen LogP contribution is -2.51. The molecule has 0 saturated heterocycles. The van der Waals surface area contributed by atoms with Gasteiger partial charge in [0.1, 0.15) is 18.1 Å². The molecular formula is C28H32N2O5S. The van der Waals surface area contributed by atoms with Gasteiger partial charge in [0, 0.05) is 0 Å². The second-order valence-corrected chi connectivity index (χ2v) is 11.6. The van der Waals surface area contributed by atoms with Crippen LogP contribution in [0.5, 0.6) is 11.5 Å². The van der Waals surface area contributed by atoms with E-state index in [9.17, 15) is 13.2 Å². The molecule has 1 amide bonds. The zero-order valence-corrected chi connectivity index (χ0v) is 21.6. The fraction of sp³-hybridized carbons (Fsp3) is 0.321. The summed E-state index contributed by atoms with van der Waals surface area (Å²) in [6.45, 7) is 6.78. The summed E-state index contributed by atoms with van der Waals surface area (Å²) in [4.78, 5) is 13.0. The Labute approximate surface area is 213 Å². The van der Waals surface area contributed by atoms with Crippen molar-refractivity contribution in [1.29, 1.82) is 0 Å². The van der Waals surface area contributed by atoms with Crippen LogP contribution in [0.25, 0.3) is 0 Å². The maximum atomic E-state index is 13.3. The number of amides is 1. The highest BCUT2D eigenvalue weighted by Crippen LogP contribution is 2.36. The predicted molar refractivity (Wildman–Crippen MR) is 141 cm³/mol. The van der Waals surface area contributed by atoms with E-state index in [0.717, 1.165) is 11.3 Å². The molecule has 3 aromatic carbocycles. The highest BCUT2D eigenvalue weighted by atomic mass is 32.2. The van der Waals surface area contributed by atoms with Gasteiger partial charge in [0.25, 0.3) is 5.91 Å². The highest BCUT2D eigenvalue weighted by Gasteiger charge is 2.36. The molecule has 0 saturated carbocycles. The maximum absolute atomic E-state index is 13.3. The van der Waals surface area contributed by atoms with Crippen molar-refractivity contribution in [1.82, 2.24) is 5.32 Å². The molecule has 0 fully saturated rings. The van der Waals surface area contributed by atoms with Crippen molar-refractivity contribution in [3.63, 3.8) is 0 Å². The first kappa shape index (κ1) is 25.6. The number of fused-ring (bicyclic) bond motifs is 1. The normalized spacial score (nSPS) is 15.5. The van der Waals surface area contributed by atoms with E-state index in [1.54, 1.807) is 48.5 Å². The van der Waals surface area contributed by atoms with Gasteiger partial charge in [-0.1, -0.05) is 81.4 Å². The number of para-hydroxylation sites is 3. The number of rotatable bonds is 8. The van der Waals surface area contributed by atoms with Gasteiger partial charge in [-0.2, -0.15) is 0 Å². The zero-order valence-electron chi connectivity index (χ0n) is 20.8. The van der Waals surface area contributed by atoms with E-state index < -0.39 is 22.0 Å². The van der Waals surface area contributed by atoms with Gasteiger partial charge in [0.15, 0.2) is 6.10 Å². The number of anilines is 1. The number of nitrogens with zero attached hydrogens (tertiary/aromatic N) is 1. The molecule has 36 heavy (non-hydrogen) atoms. The molecule has 1 atom stereocenters.